The van der Waals surface area contributed by atoms with Crippen molar-refractivity contribution in [1.29, 1.82) is 0 Å². The van der Waals surface area contributed by atoms with Crippen LogP contribution in [0.25, 0.3) is 10.2 Å². The number of ether oxygens (including phenoxy) is 1. The van der Waals surface area contributed by atoms with Crippen LogP contribution in [0.5, 0.6) is 0 Å². The summed E-state index contributed by atoms with van der Waals surface area (Å²) >= 11 is 1.20. The van der Waals surface area contributed by atoms with Gasteiger partial charge in [0.2, 0.25) is 15.2 Å². The average molecular weight is 465 g/mol. The number of benzene rings is 2. The van der Waals surface area contributed by atoms with E-state index in [0.29, 0.717) is 15.3 Å². The first-order chi connectivity index (χ1) is 14.7. The summed E-state index contributed by atoms with van der Waals surface area (Å²) in [6.07, 6.45) is -0.373. The lowest BCUT2D eigenvalue weighted by Crippen LogP contribution is -2.48. The van der Waals surface area contributed by atoms with Crippen LogP contribution in [0.2, 0.25) is 0 Å². The van der Waals surface area contributed by atoms with Crippen LogP contribution in [0.3, 0.4) is 0 Å². The number of nitrogens with one attached hydrogen (secondary N) is 2. The number of carbonyl (C=O) groups excluding carboxylic acids is 1. The maximum atomic E-state index is 13.3. The molecule has 1 aromatic heterocycles. The molecule has 0 aliphatic carbocycles. The fraction of sp³-hybridized carbons (Fsp3) is 0.300. The molecule has 0 radical (unpaired) electrons. The summed E-state index contributed by atoms with van der Waals surface area (Å²) in [5, 5.41) is 0.406. The molecule has 2 heterocycles. The molecule has 0 spiro atoms. The van der Waals surface area contributed by atoms with Crippen molar-refractivity contribution in [3.8, 4) is 0 Å². The van der Waals surface area contributed by atoms with Crippen LogP contribution in [-0.2, 0) is 14.8 Å². The Morgan fingerprint density at radius 2 is 1.84 bits per heavy atom. The molecule has 8 nitrogen and oxygen atoms in total. The molecule has 11 heteroatoms. The summed E-state index contributed by atoms with van der Waals surface area (Å²) in [6.45, 7) is 4.23. The van der Waals surface area contributed by atoms with Crippen LogP contribution in [0.4, 0.5) is 9.52 Å². The fourth-order valence-electron chi connectivity index (χ4n) is 3.39. The number of anilines is 1. The van der Waals surface area contributed by atoms with E-state index in [1.165, 1.54) is 52.0 Å². The van der Waals surface area contributed by atoms with Crippen LogP contribution in [0.1, 0.15) is 24.2 Å². The first-order valence-corrected chi connectivity index (χ1v) is 11.9. The summed E-state index contributed by atoms with van der Waals surface area (Å²) in [6, 6.07) is 9.97. The van der Waals surface area contributed by atoms with E-state index >= 15 is 0 Å². The molecular formula is C20H21FN4O4S2. The van der Waals surface area contributed by atoms with Crippen molar-refractivity contribution in [2.45, 2.75) is 31.0 Å². The number of carbonyl (C=O) groups is 1. The van der Waals surface area contributed by atoms with Crippen molar-refractivity contribution < 1.29 is 22.3 Å². The molecule has 1 aliphatic rings. The minimum atomic E-state index is -3.68. The molecule has 4 rings (SSSR count). The number of hydrogen-bond acceptors (Lipinski definition) is 7. The Labute approximate surface area is 183 Å². The Morgan fingerprint density at radius 3 is 2.52 bits per heavy atom. The number of sulfonamides is 1. The van der Waals surface area contributed by atoms with Gasteiger partial charge in [0.15, 0.2) is 0 Å². The Balaban J connectivity index is 1.42. The molecule has 3 aromatic rings. The molecule has 1 aliphatic heterocycles. The van der Waals surface area contributed by atoms with Crippen molar-refractivity contribution in [2.24, 2.45) is 0 Å². The summed E-state index contributed by atoms with van der Waals surface area (Å²) in [5.41, 5.74) is 6.11. The summed E-state index contributed by atoms with van der Waals surface area (Å²) in [4.78, 5) is 16.8. The number of aromatic nitrogens is 1. The van der Waals surface area contributed by atoms with Crippen LogP contribution in [0.15, 0.2) is 47.4 Å². The normalized spacial score (nSPS) is 20.0. The van der Waals surface area contributed by atoms with Crippen molar-refractivity contribution in [1.82, 2.24) is 14.7 Å². The average Bonchev–Trinajstić information content (AvgIpc) is 3.13. The topological polar surface area (TPSA) is 101 Å². The van der Waals surface area contributed by atoms with Crippen molar-refractivity contribution >= 4 is 42.6 Å². The molecule has 2 atom stereocenters. The van der Waals surface area contributed by atoms with E-state index in [4.69, 9.17) is 4.74 Å². The zero-order valence-corrected chi connectivity index (χ0v) is 18.5. The van der Waals surface area contributed by atoms with Gasteiger partial charge in [-0.25, -0.2) is 17.8 Å². The number of rotatable bonds is 5. The van der Waals surface area contributed by atoms with Gasteiger partial charge < -0.3 is 4.74 Å². The molecule has 164 valence electrons. The number of hydrogen-bond donors (Lipinski definition) is 2. The maximum Gasteiger partial charge on any atom is 0.269 e. The molecule has 1 amide bonds. The summed E-state index contributed by atoms with van der Waals surface area (Å²) in [7, 11) is -3.68. The third kappa shape index (κ3) is 4.69. The minimum Gasteiger partial charge on any atom is -0.373 e. The molecular weight excluding hydrogens is 443 g/mol. The molecule has 0 unspecified atom stereocenters. The monoisotopic (exact) mass is 464 g/mol. The van der Waals surface area contributed by atoms with Crippen LogP contribution in [-0.4, -0.2) is 48.9 Å². The molecule has 0 saturated carbocycles. The highest BCUT2D eigenvalue weighted by molar-refractivity contribution is 7.89. The van der Waals surface area contributed by atoms with Gasteiger partial charge >= 0.3 is 0 Å². The second kappa shape index (κ2) is 8.50. The highest BCUT2D eigenvalue weighted by atomic mass is 32.2. The highest BCUT2D eigenvalue weighted by Crippen LogP contribution is 2.26. The van der Waals surface area contributed by atoms with Gasteiger partial charge in [-0.05, 0) is 56.3 Å². The SMILES string of the molecule is C[C@@H]1CN(S(=O)(=O)c2ccc(C(=O)NNc3nc4ccc(F)cc4s3)cc2)C[C@@H](C)O1. The third-order valence-corrected chi connectivity index (χ3v) is 7.55. The second-order valence-corrected chi connectivity index (χ2v) is 10.3. The van der Waals surface area contributed by atoms with Crippen LogP contribution < -0.4 is 10.9 Å². The molecule has 2 aromatic carbocycles. The van der Waals surface area contributed by atoms with Gasteiger partial charge in [0.05, 0.1) is 27.3 Å². The van der Waals surface area contributed by atoms with Crippen molar-refractivity contribution in [2.75, 3.05) is 18.5 Å². The van der Waals surface area contributed by atoms with E-state index in [2.05, 4.69) is 15.8 Å². The summed E-state index contributed by atoms with van der Waals surface area (Å²) < 4.78 is 46.7. The van der Waals surface area contributed by atoms with E-state index in [-0.39, 0.29) is 41.6 Å². The number of amides is 1. The van der Waals surface area contributed by atoms with E-state index in [0.717, 1.165) is 0 Å². The van der Waals surface area contributed by atoms with Gasteiger partial charge in [0, 0.05) is 18.7 Å². The lowest BCUT2D eigenvalue weighted by molar-refractivity contribution is -0.0440. The van der Waals surface area contributed by atoms with Gasteiger partial charge in [0.25, 0.3) is 5.91 Å². The minimum absolute atomic E-state index is 0.117. The van der Waals surface area contributed by atoms with Gasteiger partial charge in [-0.15, -0.1) is 0 Å². The van der Waals surface area contributed by atoms with Crippen molar-refractivity contribution in [3.63, 3.8) is 0 Å². The second-order valence-electron chi connectivity index (χ2n) is 7.31. The summed E-state index contributed by atoms with van der Waals surface area (Å²) in [5.74, 6) is -0.814. The van der Waals surface area contributed by atoms with Gasteiger partial charge in [-0.3, -0.25) is 15.6 Å². The Kier molecular flexibility index (Phi) is 5.93. The standard InChI is InChI=1S/C20H21FN4O4S2/c1-12-10-25(11-13(2)29-12)31(27,28)16-6-3-14(4-7-16)19(26)23-24-20-22-17-8-5-15(21)9-18(17)30-20/h3-9,12-13H,10-11H2,1-2H3,(H,22,24)(H,23,26)/t12-,13-/m1/s1. The first-order valence-electron chi connectivity index (χ1n) is 9.60. The number of fused-ring (bicyclic) bond motifs is 1. The fourth-order valence-corrected chi connectivity index (χ4v) is 5.82. The molecule has 0 bridgehead atoms. The smallest absolute Gasteiger partial charge is 0.269 e. The number of morpholine rings is 1. The highest BCUT2D eigenvalue weighted by Gasteiger charge is 2.32. The lowest BCUT2D eigenvalue weighted by Gasteiger charge is -2.34. The zero-order valence-electron chi connectivity index (χ0n) is 16.8. The predicted molar refractivity (Wildman–Crippen MR) is 116 cm³/mol. The van der Waals surface area contributed by atoms with E-state index in [9.17, 15) is 17.6 Å². The quantitative estimate of drug-likeness (QED) is 0.563. The number of thiazole rings is 1. The largest absolute Gasteiger partial charge is 0.373 e. The maximum absolute atomic E-state index is 13.3. The predicted octanol–water partition coefficient (Wildman–Crippen LogP) is 2.99. The van der Waals surface area contributed by atoms with Crippen LogP contribution in [0, 0.1) is 5.82 Å². The van der Waals surface area contributed by atoms with Gasteiger partial charge in [-0.2, -0.15) is 4.31 Å². The molecule has 1 saturated heterocycles. The Morgan fingerprint density at radius 1 is 1.16 bits per heavy atom. The van der Waals surface area contributed by atoms with E-state index in [1.807, 2.05) is 13.8 Å². The number of halogens is 1. The van der Waals surface area contributed by atoms with Gasteiger partial charge in [0.1, 0.15) is 5.82 Å². The zero-order chi connectivity index (χ0) is 22.2. The van der Waals surface area contributed by atoms with Crippen molar-refractivity contribution in [3.05, 3.63) is 53.8 Å². The molecule has 2 N–H and O–H groups in total. The molecule has 1 fully saturated rings. The molecule has 31 heavy (non-hydrogen) atoms. The Bertz CT molecular complexity index is 1200. The Hall–Kier alpha value is -2.60. The lowest BCUT2D eigenvalue weighted by atomic mass is 10.2. The number of nitrogens with zero attached hydrogens (tertiary/aromatic N) is 2. The van der Waals surface area contributed by atoms with Crippen LogP contribution >= 0.6 is 11.3 Å². The van der Waals surface area contributed by atoms with E-state index < -0.39 is 15.9 Å². The third-order valence-electron chi connectivity index (χ3n) is 4.77. The van der Waals surface area contributed by atoms with E-state index in [1.54, 1.807) is 6.07 Å². The van der Waals surface area contributed by atoms with Gasteiger partial charge in [-0.1, -0.05) is 11.3 Å². The number of hydrazine groups is 1. The first kappa shape index (κ1) is 21.6.